The highest BCUT2D eigenvalue weighted by atomic mass is 32.1. The van der Waals surface area contributed by atoms with Gasteiger partial charge in [0.05, 0.1) is 29.2 Å². The molecule has 1 saturated heterocycles. The first-order chi connectivity index (χ1) is 11.3. The first-order valence-corrected chi connectivity index (χ1v) is 9.04. The first kappa shape index (κ1) is 14.8. The lowest BCUT2D eigenvalue weighted by Gasteiger charge is -2.29. The average Bonchev–Trinajstić information content (AvgIpc) is 3.01. The second-order valence-electron chi connectivity index (χ2n) is 6.33. The molecule has 0 spiro atoms. The molecule has 1 aliphatic rings. The Hall–Kier alpha value is -1.78. The number of quaternary nitrogens is 1. The van der Waals surface area contributed by atoms with Crippen LogP contribution in [0.3, 0.4) is 0 Å². The number of hydrogen-bond donors (Lipinski definition) is 1. The smallest absolute Gasteiger partial charge is 0.132 e. The van der Waals surface area contributed by atoms with Gasteiger partial charge in [0.15, 0.2) is 0 Å². The molecule has 0 bridgehead atoms. The van der Waals surface area contributed by atoms with E-state index in [0.717, 1.165) is 30.7 Å². The second kappa shape index (κ2) is 6.38. The number of halogens is 1. The fourth-order valence-corrected chi connectivity index (χ4v) is 4.60. The quantitative estimate of drug-likeness (QED) is 0.780. The van der Waals surface area contributed by atoms with Gasteiger partial charge in [0.25, 0.3) is 0 Å². The van der Waals surface area contributed by atoms with Crippen LogP contribution in [0.25, 0.3) is 10.2 Å². The predicted molar refractivity (Wildman–Crippen MR) is 92.4 cm³/mol. The molecule has 1 aromatic heterocycles. The minimum Gasteiger partial charge on any atom is -0.331 e. The molecule has 3 aromatic rings. The highest BCUT2D eigenvalue weighted by molar-refractivity contribution is 7.18. The molecule has 1 N–H and O–H groups in total. The van der Waals surface area contributed by atoms with Crippen molar-refractivity contribution in [1.29, 1.82) is 0 Å². The van der Waals surface area contributed by atoms with Crippen molar-refractivity contribution in [2.24, 2.45) is 0 Å². The van der Waals surface area contributed by atoms with E-state index in [9.17, 15) is 4.39 Å². The Kier molecular flexibility index (Phi) is 4.10. The topological polar surface area (TPSA) is 17.3 Å². The predicted octanol–water partition coefficient (Wildman–Crippen LogP) is 3.40. The molecule has 0 aliphatic carbocycles. The Bertz CT molecular complexity index is 781. The van der Waals surface area contributed by atoms with E-state index in [0.29, 0.717) is 5.92 Å². The molecule has 118 valence electrons. The molecule has 4 heteroatoms. The molecule has 2 atom stereocenters. The summed E-state index contributed by atoms with van der Waals surface area (Å²) >= 11 is 1.82. The molecular formula is C19H20FN2S+. The van der Waals surface area contributed by atoms with Gasteiger partial charge in [0.1, 0.15) is 17.4 Å². The van der Waals surface area contributed by atoms with Gasteiger partial charge in [-0.2, -0.15) is 0 Å². The number of nitrogens with zero attached hydrogens (tertiary/aromatic N) is 1. The van der Waals surface area contributed by atoms with Crippen molar-refractivity contribution in [2.45, 2.75) is 25.3 Å². The van der Waals surface area contributed by atoms with Crippen LogP contribution in [-0.2, 0) is 6.54 Å². The molecule has 2 heterocycles. The van der Waals surface area contributed by atoms with Crippen molar-refractivity contribution in [2.75, 3.05) is 13.1 Å². The monoisotopic (exact) mass is 327 g/mol. The molecule has 1 aliphatic heterocycles. The van der Waals surface area contributed by atoms with E-state index in [1.165, 1.54) is 27.4 Å². The number of piperidine rings is 1. The third kappa shape index (κ3) is 3.14. The molecular weight excluding hydrogens is 307 g/mol. The van der Waals surface area contributed by atoms with Gasteiger partial charge < -0.3 is 4.90 Å². The van der Waals surface area contributed by atoms with Crippen LogP contribution in [0.15, 0.2) is 48.5 Å². The number of aromatic nitrogens is 1. The zero-order chi connectivity index (χ0) is 15.6. The standard InChI is InChI=1S/C19H19FN2S/c20-16-8-2-1-6-14(16)12-22-11-5-7-15(13-22)19-21-17-9-3-4-10-18(17)23-19/h1-4,6,8-10,15H,5,7,11-13H2/p+1/t15-/m0/s1. The normalized spacial score (nSPS) is 21.6. The third-order valence-corrected chi connectivity index (χ3v) is 5.87. The van der Waals surface area contributed by atoms with E-state index in [-0.39, 0.29) is 5.82 Å². The van der Waals surface area contributed by atoms with Crippen LogP contribution < -0.4 is 4.90 Å². The van der Waals surface area contributed by atoms with Crippen molar-refractivity contribution in [3.05, 3.63) is 64.9 Å². The molecule has 4 rings (SSSR count). The number of likely N-dealkylation sites (tertiary alicyclic amines) is 1. The maximum atomic E-state index is 13.9. The van der Waals surface area contributed by atoms with Gasteiger partial charge in [-0.1, -0.05) is 30.3 Å². The molecule has 2 nitrogen and oxygen atoms in total. The van der Waals surface area contributed by atoms with Gasteiger partial charge in [-0.25, -0.2) is 9.37 Å². The largest absolute Gasteiger partial charge is 0.331 e. The Balaban J connectivity index is 1.51. The van der Waals surface area contributed by atoms with Gasteiger partial charge >= 0.3 is 0 Å². The summed E-state index contributed by atoms with van der Waals surface area (Å²) in [6, 6.07) is 15.5. The van der Waals surface area contributed by atoms with Gasteiger partial charge in [-0.3, -0.25) is 0 Å². The minimum atomic E-state index is -0.0814. The zero-order valence-electron chi connectivity index (χ0n) is 13.0. The summed E-state index contributed by atoms with van der Waals surface area (Å²) in [5.41, 5.74) is 1.93. The third-order valence-electron chi connectivity index (χ3n) is 4.68. The van der Waals surface area contributed by atoms with Crippen LogP contribution >= 0.6 is 11.3 Å². The summed E-state index contributed by atoms with van der Waals surface area (Å²) in [5, 5.41) is 1.25. The van der Waals surface area contributed by atoms with Gasteiger partial charge in [-0.05, 0) is 31.0 Å². The van der Waals surface area contributed by atoms with Crippen LogP contribution in [-0.4, -0.2) is 18.1 Å². The summed E-state index contributed by atoms with van der Waals surface area (Å²) in [6.45, 7) is 2.94. The van der Waals surface area contributed by atoms with Gasteiger partial charge in [0.2, 0.25) is 0 Å². The highest BCUT2D eigenvalue weighted by Gasteiger charge is 2.27. The number of nitrogens with one attached hydrogen (secondary N) is 1. The number of rotatable bonds is 3. The molecule has 23 heavy (non-hydrogen) atoms. The molecule has 1 fully saturated rings. The van der Waals surface area contributed by atoms with E-state index in [1.807, 2.05) is 29.5 Å². The Morgan fingerprint density at radius 3 is 2.83 bits per heavy atom. The highest BCUT2D eigenvalue weighted by Crippen LogP contribution is 2.30. The lowest BCUT2D eigenvalue weighted by molar-refractivity contribution is -0.920. The Labute approximate surface area is 139 Å². The fourth-order valence-electron chi connectivity index (χ4n) is 3.50. The summed E-state index contributed by atoms with van der Waals surface area (Å²) in [7, 11) is 0. The van der Waals surface area contributed by atoms with Gasteiger partial charge in [0, 0.05) is 5.56 Å². The van der Waals surface area contributed by atoms with Crippen molar-refractivity contribution in [1.82, 2.24) is 4.98 Å². The maximum Gasteiger partial charge on any atom is 0.132 e. The summed E-state index contributed by atoms with van der Waals surface area (Å²) < 4.78 is 15.1. The molecule has 1 unspecified atom stereocenters. The number of fused-ring (bicyclic) bond motifs is 1. The second-order valence-corrected chi connectivity index (χ2v) is 7.39. The fraction of sp³-hybridized carbons (Fsp3) is 0.316. The maximum absolute atomic E-state index is 13.9. The van der Waals surface area contributed by atoms with Crippen LogP contribution in [0.1, 0.15) is 29.3 Å². The first-order valence-electron chi connectivity index (χ1n) is 8.22. The lowest BCUT2D eigenvalue weighted by Crippen LogP contribution is -3.12. The number of hydrogen-bond acceptors (Lipinski definition) is 2. The summed E-state index contributed by atoms with van der Waals surface area (Å²) in [5.74, 6) is 0.421. The van der Waals surface area contributed by atoms with Gasteiger partial charge in [-0.15, -0.1) is 11.3 Å². The van der Waals surface area contributed by atoms with Crippen LogP contribution in [0.2, 0.25) is 0 Å². The van der Waals surface area contributed by atoms with Crippen LogP contribution in [0.4, 0.5) is 4.39 Å². The molecule has 2 aromatic carbocycles. The lowest BCUT2D eigenvalue weighted by atomic mass is 9.98. The SMILES string of the molecule is Fc1ccccc1C[NH+]1CCC[C@H](c2nc3ccccc3s2)C1. The summed E-state index contributed by atoms with van der Waals surface area (Å²) in [4.78, 5) is 6.29. The Morgan fingerprint density at radius 1 is 1.13 bits per heavy atom. The number of thiazole rings is 1. The van der Waals surface area contributed by atoms with E-state index in [4.69, 9.17) is 4.98 Å². The number of para-hydroxylation sites is 1. The van der Waals surface area contributed by atoms with Crippen LogP contribution in [0.5, 0.6) is 0 Å². The van der Waals surface area contributed by atoms with Crippen molar-refractivity contribution < 1.29 is 9.29 Å². The molecule has 0 saturated carbocycles. The summed E-state index contributed by atoms with van der Waals surface area (Å²) in [6.07, 6.45) is 2.38. The average molecular weight is 327 g/mol. The Morgan fingerprint density at radius 2 is 1.96 bits per heavy atom. The van der Waals surface area contributed by atoms with E-state index in [1.54, 1.807) is 12.1 Å². The van der Waals surface area contributed by atoms with E-state index < -0.39 is 0 Å². The van der Waals surface area contributed by atoms with E-state index in [2.05, 4.69) is 18.2 Å². The molecule has 0 amide bonds. The van der Waals surface area contributed by atoms with E-state index >= 15 is 0 Å². The minimum absolute atomic E-state index is 0.0814. The number of benzene rings is 2. The van der Waals surface area contributed by atoms with Crippen molar-refractivity contribution in [3.63, 3.8) is 0 Å². The van der Waals surface area contributed by atoms with Crippen molar-refractivity contribution in [3.8, 4) is 0 Å². The zero-order valence-corrected chi connectivity index (χ0v) is 13.8. The molecule has 0 radical (unpaired) electrons. The van der Waals surface area contributed by atoms with Crippen LogP contribution in [0, 0.1) is 5.82 Å². The van der Waals surface area contributed by atoms with Crippen molar-refractivity contribution >= 4 is 21.6 Å².